The van der Waals surface area contributed by atoms with Gasteiger partial charge >= 0.3 is 0 Å². The first-order valence-electron chi connectivity index (χ1n) is 12.4. The molecule has 0 aliphatic heterocycles. The molecule has 1 amide bonds. The lowest BCUT2D eigenvalue weighted by Crippen LogP contribution is -2.44. The average Bonchev–Trinajstić information content (AvgIpc) is 3.44. The number of aromatic nitrogens is 1. The van der Waals surface area contributed by atoms with Gasteiger partial charge in [-0.1, -0.05) is 51.1 Å². The maximum Gasteiger partial charge on any atom is 0.267 e. The molecule has 0 atom stereocenters. The number of benzene rings is 2. The van der Waals surface area contributed by atoms with Crippen LogP contribution in [0, 0.1) is 0 Å². The quantitative estimate of drug-likeness (QED) is 0.169. The Morgan fingerprint density at radius 3 is 2.59 bits per heavy atom. The van der Waals surface area contributed by atoms with E-state index in [9.17, 15) is 4.79 Å². The van der Waals surface area contributed by atoms with E-state index in [1.807, 2.05) is 36.4 Å². The fourth-order valence-corrected chi connectivity index (χ4v) is 5.64. The molecular weight excluding hydrogens is 496 g/mol. The van der Waals surface area contributed by atoms with E-state index in [1.54, 1.807) is 12.4 Å². The zero-order valence-corrected chi connectivity index (χ0v) is 23.6. The molecule has 5 rings (SSSR count). The van der Waals surface area contributed by atoms with Gasteiger partial charge < -0.3 is 15.2 Å². The lowest BCUT2D eigenvalue weighted by Gasteiger charge is -2.35. The van der Waals surface area contributed by atoms with E-state index in [2.05, 4.69) is 79.2 Å². The number of hydrogen-bond acceptors (Lipinski definition) is 6. The number of thiophene rings is 1. The number of para-hydroxylation sites is 1. The summed E-state index contributed by atoms with van der Waals surface area (Å²) in [5.41, 5.74) is 9.12. The number of amides is 1. The second-order valence-corrected chi connectivity index (χ2v) is 16.6. The van der Waals surface area contributed by atoms with Gasteiger partial charge in [0.05, 0.1) is 16.1 Å². The third kappa shape index (κ3) is 5.18. The number of nitrogens with one attached hydrogen (secondary N) is 3. The minimum absolute atomic E-state index is 0.124. The molecule has 0 saturated carbocycles. The molecule has 4 aromatic rings. The van der Waals surface area contributed by atoms with Crippen molar-refractivity contribution in [2.75, 3.05) is 10.6 Å². The summed E-state index contributed by atoms with van der Waals surface area (Å²) < 4.78 is 7.20. The molecule has 2 aromatic carbocycles. The van der Waals surface area contributed by atoms with Crippen LogP contribution in [0.5, 0.6) is 0 Å². The van der Waals surface area contributed by atoms with Crippen molar-refractivity contribution in [3.05, 3.63) is 89.1 Å². The molecule has 3 N–H and O–H groups in total. The lowest BCUT2D eigenvalue weighted by atomic mass is 10.1. The molecule has 0 spiro atoms. The average molecular weight is 529 g/mol. The van der Waals surface area contributed by atoms with Crippen LogP contribution in [-0.2, 0) is 10.9 Å². The van der Waals surface area contributed by atoms with Crippen molar-refractivity contribution < 1.29 is 9.32 Å². The van der Waals surface area contributed by atoms with Crippen molar-refractivity contribution in [2.45, 2.75) is 45.3 Å². The minimum Gasteiger partial charge on any atom is -0.354 e. The second kappa shape index (κ2) is 9.78. The largest absolute Gasteiger partial charge is 0.354 e. The summed E-state index contributed by atoms with van der Waals surface area (Å²) >= 11 is 1.44. The predicted octanol–water partition coefficient (Wildman–Crippen LogP) is 7.72. The fraction of sp³-hybridized carbons (Fsp3) is 0.241. The molecule has 8 heteroatoms. The monoisotopic (exact) mass is 528 g/mol. The van der Waals surface area contributed by atoms with Crippen molar-refractivity contribution in [3.8, 4) is 0 Å². The van der Waals surface area contributed by atoms with Crippen LogP contribution in [0.1, 0.15) is 41.6 Å². The van der Waals surface area contributed by atoms with E-state index >= 15 is 0 Å². The van der Waals surface area contributed by atoms with Gasteiger partial charge in [-0.25, -0.2) is 0 Å². The predicted molar refractivity (Wildman–Crippen MR) is 157 cm³/mol. The Kier molecular flexibility index (Phi) is 6.66. The topological polar surface area (TPSA) is 75.3 Å². The van der Waals surface area contributed by atoms with Crippen LogP contribution >= 0.6 is 11.3 Å². The van der Waals surface area contributed by atoms with E-state index in [-0.39, 0.29) is 10.9 Å². The summed E-state index contributed by atoms with van der Waals surface area (Å²) in [4.78, 5) is 18.1. The van der Waals surface area contributed by atoms with Crippen molar-refractivity contribution in [2.24, 2.45) is 0 Å². The van der Waals surface area contributed by atoms with Gasteiger partial charge in [-0.15, -0.1) is 11.3 Å². The Labute approximate surface area is 222 Å². The first-order valence-corrected chi connectivity index (χ1v) is 16.1. The molecule has 0 bridgehead atoms. The Morgan fingerprint density at radius 1 is 1.05 bits per heavy atom. The lowest BCUT2D eigenvalue weighted by molar-refractivity contribution is 0.103. The van der Waals surface area contributed by atoms with Crippen molar-refractivity contribution in [1.29, 1.82) is 0 Å². The van der Waals surface area contributed by atoms with Crippen LogP contribution in [0.25, 0.3) is 15.8 Å². The number of pyridine rings is 1. The van der Waals surface area contributed by atoms with Gasteiger partial charge in [-0.2, -0.15) is 0 Å². The highest BCUT2D eigenvalue weighted by Gasteiger charge is 2.38. The number of carbonyl (C=O) groups is 1. The smallest absolute Gasteiger partial charge is 0.267 e. The first-order chi connectivity index (χ1) is 17.6. The van der Waals surface area contributed by atoms with Crippen LogP contribution in [0.4, 0.5) is 17.1 Å². The Morgan fingerprint density at radius 2 is 1.84 bits per heavy atom. The third-order valence-corrected chi connectivity index (χ3v) is 12.5. The standard InChI is InChI=1S/C29H32N4O2SSi/c1-29(2,3)37(4,5)35-33-24-14-11-19-17-21(12-13-22(19)24)31-26-23-15-16-30-18-25(23)36-27(26)28(34)32-20-9-7-6-8-10-20/h6-10,12-18,31,33H,11H2,1-5H3,(H,32,34). The highest BCUT2D eigenvalue weighted by atomic mass is 32.1. The second-order valence-electron chi connectivity index (χ2n) is 10.8. The number of hydrogen-bond donors (Lipinski definition) is 3. The molecular formula is C29H32N4O2SSi. The number of anilines is 3. The zero-order valence-electron chi connectivity index (χ0n) is 21.8. The molecule has 0 unspecified atom stereocenters. The summed E-state index contributed by atoms with van der Waals surface area (Å²) in [6.07, 6.45) is 6.55. The van der Waals surface area contributed by atoms with Crippen LogP contribution in [-0.4, -0.2) is 19.2 Å². The number of rotatable bonds is 7. The van der Waals surface area contributed by atoms with Gasteiger partial charge in [-0.05, 0) is 60.4 Å². The normalized spacial score (nSPS) is 13.3. The molecule has 0 saturated heterocycles. The van der Waals surface area contributed by atoms with Crippen LogP contribution in [0.15, 0.2) is 73.1 Å². The van der Waals surface area contributed by atoms with E-state index < -0.39 is 8.32 Å². The summed E-state index contributed by atoms with van der Waals surface area (Å²) in [5, 5.41) is 7.65. The van der Waals surface area contributed by atoms with Crippen LogP contribution < -0.4 is 16.1 Å². The van der Waals surface area contributed by atoms with Gasteiger partial charge in [0.2, 0.25) is 8.32 Å². The molecule has 2 aromatic heterocycles. The zero-order chi connectivity index (χ0) is 26.2. The molecule has 1 aliphatic rings. The Hall–Kier alpha value is -3.46. The number of carbonyl (C=O) groups excluding carboxylic acids is 1. The maximum absolute atomic E-state index is 13.3. The highest BCUT2D eigenvalue weighted by molar-refractivity contribution is 7.21. The van der Waals surface area contributed by atoms with E-state index in [0.29, 0.717) is 4.88 Å². The van der Waals surface area contributed by atoms with Crippen LogP contribution in [0.3, 0.4) is 0 Å². The van der Waals surface area contributed by atoms with E-state index in [0.717, 1.165) is 44.8 Å². The Balaban J connectivity index is 1.38. The SMILES string of the molecule is CC(C)(C)[Si](C)(C)ONC1=CCc2cc(Nc3c(C(=O)Nc4ccccc4)sc4cnccc34)ccc21. The number of allylic oxidation sites excluding steroid dienone is 1. The van der Waals surface area contributed by atoms with Gasteiger partial charge in [-0.3, -0.25) is 15.3 Å². The fourth-order valence-electron chi connectivity index (χ4n) is 3.95. The van der Waals surface area contributed by atoms with Crippen LogP contribution in [0.2, 0.25) is 18.1 Å². The first kappa shape index (κ1) is 25.2. The molecule has 0 fully saturated rings. The number of fused-ring (bicyclic) bond motifs is 2. The Bertz CT molecular complexity index is 1490. The van der Waals surface area contributed by atoms with Gasteiger partial charge in [0.25, 0.3) is 5.91 Å². The summed E-state index contributed by atoms with van der Waals surface area (Å²) in [6, 6.07) is 17.8. The minimum atomic E-state index is -1.93. The van der Waals surface area contributed by atoms with E-state index in [4.69, 9.17) is 4.53 Å². The van der Waals surface area contributed by atoms with Gasteiger partial charge in [0, 0.05) is 34.7 Å². The molecule has 2 heterocycles. The molecule has 1 aliphatic carbocycles. The highest BCUT2D eigenvalue weighted by Crippen LogP contribution is 2.39. The van der Waals surface area contributed by atoms with Crippen molar-refractivity contribution in [1.82, 2.24) is 10.5 Å². The van der Waals surface area contributed by atoms with E-state index in [1.165, 1.54) is 16.9 Å². The van der Waals surface area contributed by atoms with Crippen molar-refractivity contribution >= 4 is 58.4 Å². The van der Waals surface area contributed by atoms with Gasteiger partial charge in [0.1, 0.15) is 4.88 Å². The summed E-state index contributed by atoms with van der Waals surface area (Å²) in [7, 11) is -1.93. The summed E-state index contributed by atoms with van der Waals surface area (Å²) in [6.45, 7) is 11.2. The van der Waals surface area contributed by atoms with Gasteiger partial charge in [0.15, 0.2) is 0 Å². The molecule has 37 heavy (non-hydrogen) atoms. The maximum atomic E-state index is 13.3. The van der Waals surface area contributed by atoms with Crippen molar-refractivity contribution in [3.63, 3.8) is 0 Å². The summed E-state index contributed by atoms with van der Waals surface area (Å²) in [5.74, 6) is -0.146. The molecule has 190 valence electrons. The third-order valence-electron chi connectivity index (χ3n) is 7.14. The molecule has 0 radical (unpaired) electrons. The molecule has 6 nitrogen and oxygen atoms in total. The number of hydroxylamine groups is 1. The number of nitrogens with zero attached hydrogens (tertiary/aromatic N) is 1.